The molecule has 3 N–H and O–H groups in total. The van der Waals surface area contributed by atoms with Crippen molar-refractivity contribution in [3.05, 3.63) is 0 Å². The second kappa shape index (κ2) is 7.28. The maximum atomic E-state index is 9.86. The van der Waals surface area contributed by atoms with E-state index in [1.807, 2.05) is 13.8 Å². The third kappa shape index (κ3) is 6.33. The van der Waals surface area contributed by atoms with Crippen LogP contribution in [-0.2, 0) is 4.74 Å². The van der Waals surface area contributed by atoms with E-state index in [1.165, 1.54) is 0 Å². The fourth-order valence-corrected chi connectivity index (χ4v) is 1.78. The summed E-state index contributed by atoms with van der Waals surface area (Å²) >= 11 is 0. The van der Waals surface area contributed by atoms with E-state index >= 15 is 0 Å². The molecule has 0 aliphatic carbocycles. The molecule has 0 saturated carbocycles. The number of hydrogen-bond acceptors (Lipinski definition) is 5. The highest BCUT2D eigenvalue weighted by Crippen LogP contribution is 2.11. The molecular formula is C12H26N2O3. The summed E-state index contributed by atoms with van der Waals surface area (Å²) in [5.41, 5.74) is -0.126. The molecule has 1 heterocycles. The van der Waals surface area contributed by atoms with Crippen molar-refractivity contribution in [2.75, 3.05) is 52.5 Å². The zero-order chi connectivity index (χ0) is 12.7. The summed E-state index contributed by atoms with van der Waals surface area (Å²) in [6, 6.07) is 0. The predicted octanol–water partition coefficient (Wildman–Crippen LogP) is -0.712. The third-order valence-corrected chi connectivity index (χ3v) is 2.98. The van der Waals surface area contributed by atoms with E-state index in [9.17, 15) is 5.11 Å². The third-order valence-electron chi connectivity index (χ3n) is 2.98. The lowest BCUT2D eigenvalue weighted by Gasteiger charge is -2.29. The fraction of sp³-hybridized carbons (Fsp3) is 1.00. The SMILES string of the molecule is CC(C)(CO)CNCC(O)CN1CCOCC1. The Morgan fingerprint density at radius 2 is 2.00 bits per heavy atom. The Morgan fingerprint density at radius 1 is 1.35 bits per heavy atom. The fourth-order valence-electron chi connectivity index (χ4n) is 1.78. The number of hydrogen-bond donors (Lipinski definition) is 3. The van der Waals surface area contributed by atoms with Crippen LogP contribution in [0.15, 0.2) is 0 Å². The Bertz CT molecular complexity index is 206. The number of aliphatic hydroxyl groups excluding tert-OH is 2. The Kier molecular flexibility index (Phi) is 6.37. The average Bonchev–Trinajstić information content (AvgIpc) is 2.30. The molecule has 1 aliphatic rings. The van der Waals surface area contributed by atoms with Crippen LogP contribution >= 0.6 is 0 Å². The van der Waals surface area contributed by atoms with Gasteiger partial charge in [0.15, 0.2) is 0 Å². The van der Waals surface area contributed by atoms with Crippen molar-refractivity contribution < 1.29 is 14.9 Å². The quantitative estimate of drug-likeness (QED) is 0.554. The van der Waals surface area contributed by atoms with Gasteiger partial charge < -0.3 is 20.3 Å². The highest BCUT2D eigenvalue weighted by atomic mass is 16.5. The Hall–Kier alpha value is -0.200. The van der Waals surface area contributed by atoms with E-state index in [0.717, 1.165) is 26.3 Å². The predicted molar refractivity (Wildman–Crippen MR) is 67.0 cm³/mol. The van der Waals surface area contributed by atoms with Crippen LogP contribution in [0.2, 0.25) is 0 Å². The zero-order valence-corrected chi connectivity index (χ0v) is 11.0. The van der Waals surface area contributed by atoms with E-state index in [2.05, 4.69) is 10.2 Å². The molecule has 0 radical (unpaired) electrons. The molecule has 0 amide bonds. The summed E-state index contributed by atoms with van der Waals surface area (Å²) in [5, 5.41) is 22.2. The molecule has 1 saturated heterocycles. The molecule has 102 valence electrons. The molecule has 17 heavy (non-hydrogen) atoms. The number of ether oxygens (including phenoxy) is 1. The van der Waals surface area contributed by atoms with Gasteiger partial charge in [-0.3, -0.25) is 4.90 Å². The lowest BCUT2D eigenvalue weighted by atomic mass is 9.95. The smallest absolute Gasteiger partial charge is 0.0791 e. The Morgan fingerprint density at radius 3 is 2.59 bits per heavy atom. The van der Waals surface area contributed by atoms with Crippen LogP contribution in [0.3, 0.4) is 0 Å². The average molecular weight is 246 g/mol. The van der Waals surface area contributed by atoms with E-state index in [4.69, 9.17) is 9.84 Å². The normalized spacial score (nSPS) is 20.5. The van der Waals surface area contributed by atoms with Crippen LogP contribution in [-0.4, -0.2) is 73.8 Å². The van der Waals surface area contributed by atoms with Gasteiger partial charge in [-0.2, -0.15) is 0 Å². The summed E-state index contributed by atoms with van der Waals surface area (Å²) in [6.45, 7) is 9.44. The molecule has 0 aromatic rings. The monoisotopic (exact) mass is 246 g/mol. The maximum Gasteiger partial charge on any atom is 0.0791 e. The minimum Gasteiger partial charge on any atom is -0.396 e. The highest BCUT2D eigenvalue weighted by Gasteiger charge is 2.18. The minimum atomic E-state index is -0.359. The molecule has 0 aromatic heterocycles. The van der Waals surface area contributed by atoms with Crippen LogP contribution in [0.5, 0.6) is 0 Å². The van der Waals surface area contributed by atoms with Gasteiger partial charge in [0, 0.05) is 44.7 Å². The van der Waals surface area contributed by atoms with Crippen LogP contribution in [0.25, 0.3) is 0 Å². The molecule has 0 aromatic carbocycles. The zero-order valence-electron chi connectivity index (χ0n) is 11.0. The summed E-state index contributed by atoms with van der Waals surface area (Å²) in [7, 11) is 0. The van der Waals surface area contributed by atoms with Crippen molar-refractivity contribution in [3.63, 3.8) is 0 Å². The summed E-state index contributed by atoms with van der Waals surface area (Å²) in [5.74, 6) is 0. The van der Waals surface area contributed by atoms with Crippen LogP contribution in [0.4, 0.5) is 0 Å². The van der Waals surface area contributed by atoms with E-state index in [0.29, 0.717) is 19.6 Å². The molecule has 1 rings (SSSR count). The molecular weight excluding hydrogens is 220 g/mol. The number of aliphatic hydroxyl groups is 2. The highest BCUT2D eigenvalue weighted by molar-refractivity contribution is 4.73. The molecule has 1 aliphatic heterocycles. The molecule has 1 unspecified atom stereocenters. The first-order valence-corrected chi connectivity index (χ1v) is 6.33. The van der Waals surface area contributed by atoms with Crippen LogP contribution < -0.4 is 5.32 Å². The Balaban J connectivity index is 2.10. The molecule has 5 heteroatoms. The molecule has 5 nitrogen and oxygen atoms in total. The van der Waals surface area contributed by atoms with Gasteiger partial charge in [-0.05, 0) is 0 Å². The van der Waals surface area contributed by atoms with Crippen molar-refractivity contribution in [3.8, 4) is 0 Å². The lowest BCUT2D eigenvalue weighted by Crippen LogP contribution is -2.45. The first-order valence-electron chi connectivity index (χ1n) is 6.33. The number of nitrogens with one attached hydrogen (secondary N) is 1. The summed E-state index contributed by atoms with van der Waals surface area (Å²) in [6.07, 6.45) is -0.359. The maximum absolute atomic E-state index is 9.86. The molecule has 0 spiro atoms. The topological polar surface area (TPSA) is 65.0 Å². The van der Waals surface area contributed by atoms with Crippen molar-refractivity contribution >= 4 is 0 Å². The van der Waals surface area contributed by atoms with Gasteiger partial charge in [0.05, 0.1) is 19.3 Å². The van der Waals surface area contributed by atoms with Crippen LogP contribution in [0, 0.1) is 5.41 Å². The molecule has 0 bridgehead atoms. The first kappa shape index (κ1) is 14.9. The van der Waals surface area contributed by atoms with Crippen molar-refractivity contribution in [1.82, 2.24) is 10.2 Å². The Labute approximate surface area is 104 Å². The number of nitrogens with zero attached hydrogens (tertiary/aromatic N) is 1. The van der Waals surface area contributed by atoms with Crippen molar-refractivity contribution in [1.29, 1.82) is 0 Å². The summed E-state index contributed by atoms with van der Waals surface area (Å²) in [4.78, 5) is 2.22. The summed E-state index contributed by atoms with van der Waals surface area (Å²) < 4.78 is 5.25. The molecule has 1 fully saturated rings. The molecule has 1 atom stereocenters. The van der Waals surface area contributed by atoms with E-state index in [-0.39, 0.29) is 18.1 Å². The second-order valence-corrected chi connectivity index (χ2v) is 5.52. The van der Waals surface area contributed by atoms with Crippen molar-refractivity contribution in [2.45, 2.75) is 20.0 Å². The number of rotatable bonds is 7. The standard InChI is InChI=1S/C12H26N2O3/c1-12(2,10-15)9-13-7-11(16)8-14-3-5-17-6-4-14/h11,13,15-16H,3-10H2,1-2H3. The first-order chi connectivity index (χ1) is 8.03. The lowest BCUT2D eigenvalue weighted by molar-refractivity contribution is 0.0143. The van der Waals surface area contributed by atoms with Crippen LogP contribution in [0.1, 0.15) is 13.8 Å². The van der Waals surface area contributed by atoms with Gasteiger partial charge in [-0.15, -0.1) is 0 Å². The van der Waals surface area contributed by atoms with Gasteiger partial charge in [0.1, 0.15) is 0 Å². The van der Waals surface area contributed by atoms with Gasteiger partial charge >= 0.3 is 0 Å². The van der Waals surface area contributed by atoms with Gasteiger partial charge in [-0.25, -0.2) is 0 Å². The second-order valence-electron chi connectivity index (χ2n) is 5.52. The van der Waals surface area contributed by atoms with E-state index in [1.54, 1.807) is 0 Å². The van der Waals surface area contributed by atoms with Gasteiger partial charge in [0.25, 0.3) is 0 Å². The number of β-amino-alcohol motifs (C(OH)–C–C–N with tert-alkyl or cyclic N) is 1. The minimum absolute atomic E-state index is 0.126. The van der Waals surface area contributed by atoms with Crippen molar-refractivity contribution in [2.24, 2.45) is 5.41 Å². The van der Waals surface area contributed by atoms with Gasteiger partial charge in [0.2, 0.25) is 0 Å². The largest absolute Gasteiger partial charge is 0.396 e. The number of morpholine rings is 1. The van der Waals surface area contributed by atoms with E-state index < -0.39 is 0 Å². The van der Waals surface area contributed by atoms with Gasteiger partial charge in [-0.1, -0.05) is 13.8 Å².